The number of anilines is 1. The van der Waals surface area contributed by atoms with Crippen LogP contribution in [0.25, 0.3) is 0 Å². The molecule has 1 aliphatic heterocycles. The number of para-hydroxylation sites is 1. The van der Waals surface area contributed by atoms with Gasteiger partial charge in [0.05, 0.1) is 6.61 Å². The van der Waals surface area contributed by atoms with Crippen LogP contribution in [0.15, 0.2) is 18.2 Å². The molecule has 0 saturated heterocycles. The highest BCUT2D eigenvalue weighted by atomic mass is 16.5. The Hall–Kier alpha value is -1.06. The topological polar surface area (TPSA) is 41.5 Å². The zero-order valence-electron chi connectivity index (χ0n) is 8.99. The molecule has 0 aliphatic carbocycles. The molecule has 3 heteroatoms. The van der Waals surface area contributed by atoms with Crippen molar-refractivity contribution in [1.82, 2.24) is 0 Å². The Bertz CT molecular complexity index is 338. The summed E-state index contributed by atoms with van der Waals surface area (Å²) in [5.74, 6) is 0. The summed E-state index contributed by atoms with van der Waals surface area (Å²) in [7, 11) is 0. The van der Waals surface area contributed by atoms with Crippen LogP contribution in [-0.4, -0.2) is 24.9 Å². The summed E-state index contributed by atoms with van der Waals surface area (Å²) in [4.78, 5) is 0. The Balaban J connectivity index is 2.17. The summed E-state index contributed by atoms with van der Waals surface area (Å²) >= 11 is 0. The van der Waals surface area contributed by atoms with Crippen LogP contribution < -0.4 is 5.32 Å². The summed E-state index contributed by atoms with van der Waals surface area (Å²) in [5.41, 5.74) is 3.35. The molecule has 3 nitrogen and oxygen atoms in total. The minimum atomic E-state index is -0.523. The van der Waals surface area contributed by atoms with E-state index in [-0.39, 0.29) is 0 Å². The Morgan fingerprint density at radius 3 is 3.20 bits per heavy atom. The van der Waals surface area contributed by atoms with E-state index in [1.54, 1.807) is 0 Å². The Morgan fingerprint density at radius 2 is 2.40 bits per heavy atom. The van der Waals surface area contributed by atoms with E-state index in [1.165, 1.54) is 5.56 Å². The van der Waals surface area contributed by atoms with Crippen molar-refractivity contribution in [3.05, 3.63) is 29.3 Å². The van der Waals surface area contributed by atoms with Crippen molar-refractivity contribution >= 4 is 5.69 Å². The molecule has 0 radical (unpaired) electrons. The fourth-order valence-corrected chi connectivity index (χ4v) is 1.96. The highest BCUT2D eigenvalue weighted by molar-refractivity contribution is 5.61. The van der Waals surface area contributed by atoms with E-state index in [0.717, 1.165) is 24.2 Å². The SMILES string of the molecule is CCOCC(O)c1cccc2c1NCC2. The number of aliphatic hydroxyl groups is 1. The van der Waals surface area contributed by atoms with Gasteiger partial charge in [-0.25, -0.2) is 0 Å². The fourth-order valence-electron chi connectivity index (χ4n) is 1.96. The molecule has 1 aliphatic rings. The molecule has 2 rings (SSSR count). The average molecular weight is 207 g/mol. The number of aliphatic hydroxyl groups excluding tert-OH is 1. The van der Waals surface area contributed by atoms with Gasteiger partial charge < -0.3 is 15.2 Å². The molecule has 82 valence electrons. The van der Waals surface area contributed by atoms with Crippen LogP contribution >= 0.6 is 0 Å². The summed E-state index contributed by atoms with van der Waals surface area (Å²) in [5, 5.41) is 13.3. The molecule has 0 aromatic heterocycles. The van der Waals surface area contributed by atoms with Crippen LogP contribution in [0.4, 0.5) is 5.69 Å². The number of rotatable bonds is 4. The van der Waals surface area contributed by atoms with Crippen LogP contribution in [0.5, 0.6) is 0 Å². The van der Waals surface area contributed by atoms with Gasteiger partial charge in [-0.3, -0.25) is 0 Å². The van der Waals surface area contributed by atoms with E-state index in [9.17, 15) is 5.11 Å². The van der Waals surface area contributed by atoms with Crippen molar-refractivity contribution in [2.24, 2.45) is 0 Å². The van der Waals surface area contributed by atoms with E-state index in [2.05, 4.69) is 11.4 Å². The van der Waals surface area contributed by atoms with E-state index in [0.29, 0.717) is 13.2 Å². The van der Waals surface area contributed by atoms with Crippen LogP contribution in [0.2, 0.25) is 0 Å². The number of ether oxygens (including phenoxy) is 1. The Morgan fingerprint density at radius 1 is 1.53 bits per heavy atom. The molecule has 2 N–H and O–H groups in total. The minimum absolute atomic E-state index is 0.370. The maximum Gasteiger partial charge on any atom is 0.104 e. The third-order valence-electron chi connectivity index (χ3n) is 2.72. The lowest BCUT2D eigenvalue weighted by Gasteiger charge is -2.15. The fraction of sp³-hybridized carbons (Fsp3) is 0.500. The number of benzene rings is 1. The first-order valence-electron chi connectivity index (χ1n) is 5.44. The first-order chi connectivity index (χ1) is 7.33. The van der Waals surface area contributed by atoms with Crippen molar-refractivity contribution in [3.8, 4) is 0 Å². The number of hydrogen-bond donors (Lipinski definition) is 2. The van der Waals surface area contributed by atoms with Crippen molar-refractivity contribution in [3.63, 3.8) is 0 Å². The maximum absolute atomic E-state index is 9.95. The Labute approximate surface area is 90.1 Å². The smallest absolute Gasteiger partial charge is 0.104 e. The quantitative estimate of drug-likeness (QED) is 0.790. The van der Waals surface area contributed by atoms with Gasteiger partial charge in [0.15, 0.2) is 0 Å². The van der Waals surface area contributed by atoms with Crippen molar-refractivity contribution in [1.29, 1.82) is 0 Å². The van der Waals surface area contributed by atoms with Gasteiger partial charge in [0, 0.05) is 24.4 Å². The number of nitrogens with one attached hydrogen (secondary N) is 1. The number of fused-ring (bicyclic) bond motifs is 1. The molecular formula is C12H17NO2. The highest BCUT2D eigenvalue weighted by Gasteiger charge is 2.18. The summed E-state index contributed by atoms with van der Waals surface area (Å²) in [6.45, 7) is 3.90. The first-order valence-corrected chi connectivity index (χ1v) is 5.44. The largest absolute Gasteiger partial charge is 0.386 e. The number of hydrogen-bond acceptors (Lipinski definition) is 3. The molecule has 1 aromatic rings. The second-order valence-electron chi connectivity index (χ2n) is 3.73. The molecular weight excluding hydrogens is 190 g/mol. The third kappa shape index (κ3) is 2.13. The average Bonchev–Trinajstić information content (AvgIpc) is 2.73. The molecule has 1 unspecified atom stereocenters. The first kappa shape index (κ1) is 10.5. The van der Waals surface area contributed by atoms with Crippen molar-refractivity contribution < 1.29 is 9.84 Å². The maximum atomic E-state index is 9.95. The molecule has 1 aromatic carbocycles. The molecule has 0 bridgehead atoms. The third-order valence-corrected chi connectivity index (χ3v) is 2.72. The predicted molar refractivity (Wildman–Crippen MR) is 60.1 cm³/mol. The Kier molecular flexibility index (Phi) is 3.23. The van der Waals surface area contributed by atoms with Gasteiger partial charge in [-0.1, -0.05) is 18.2 Å². The minimum Gasteiger partial charge on any atom is -0.386 e. The van der Waals surface area contributed by atoms with Gasteiger partial charge in [0.2, 0.25) is 0 Å². The van der Waals surface area contributed by atoms with E-state index in [4.69, 9.17) is 4.74 Å². The lowest BCUT2D eigenvalue weighted by atomic mass is 10.0. The van der Waals surface area contributed by atoms with Gasteiger partial charge >= 0.3 is 0 Å². The summed E-state index contributed by atoms with van der Waals surface area (Å²) in [6.07, 6.45) is 0.523. The van der Waals surface area contributed by atoms with Crippen LogP contribution in [0, 0.1) is 0 Å². The zero-order valence-corrected chi connectivity index (χ0v) is 8.99. The van der Waals surface area contributed by atoms with Gasteiger partial charge in [-0.05, 0) is 18.9 Å². The molecule has 0 amide bonds. The highest BCUT2D eigenvalue weighted by Crippen LogP contribution is 2.30. The molecule has 1 heterocycles. The second kappa shape index (κ2) is 4.64. The van der Waals surface area contributed by atoms with Crippen LogP contribution in [0.3, 0.4) is 0 Å². The van der Waals surface area contributed by atoms with Crippen LogP contribution in [-0.2, 0) is 11.2 Å². The predicted octanol–water partition coefficient (Wildman–Crippen LogP) is 1.72. The van der Waals surface area contributed by atoms with E-state index < -0.39 is 6.10 Å². The lowest BCUT2D eigenvalue weighted by molar-refractivity contribution is 0.0424. The molecule has 0 spiro atoms. The van der Waals surface area contributed by atoms with Gasteiger partial charge in [-0.15, -0.1) is 0 Å². The lowest BCUT2D eigenvalue weighted by Crippen LogP contribution is -2.09. The second-order valence-corrected chi connectivity index (χ2v) is 3.73. The van der Waals surface area contributed by atoms with Gasteiger partial charge in [-0.2, -0.15) is 0 Å². The summed E-state index contributed by atoms with van der Waals surface area (Å²) in [6, 6.07) is 6.06. The molecule has 1 atom stereocenters. The van der Waals surface area contributed by atoms with Crippen molar-refractivity contribution in [2.45, 2.75) is 19.4 Å². The molecule has 15 heavy (non-hydrogen) atoms. The van der Waals surface area contributed by atoms with E-state index in [1.807, 2.05) is 19.1 Å². The monoisotopic (exact) mass is 207 g/mol. The zero-order chi connectivity index (χ0) is 10.7. The standard InChI is InChI=1S/C12H17NO2/c1-2-15-8-11(14)10-5-3-4-9-6-7-13-12(9)10/h3-5,11,13-14H,2,6-8H2,1H3. The molecule has 0 saturated carbocycles. The van der Waals surface area contributed by atoms with Gasteiger partial charge in [0.25, 0.3) is 0 Å². The van der Waals surface area contributed by atoms with E-state index >= 15 is 0 Å². The molecule has 0 fully saturated rings. The summed E-state index contributed by atoms with van der Waals surface area (Å²) < 4.78 is 5.23. The van der Waals surface area contributed by atoms with Crippen LogP contribution in [0.1, 0.15) is 24.2 Å². The van der Waals surface area contributed by atoms with Crippen molar-refractivity contribution in [2.75, 3.05) is 25.1 Å². The van der Waals surface area contributed by atoms with Gasteiger partial charge in [0.1, 0.15) is 6.10 Å². The normalized spacial score (nSPS) is 15.9.